The van der Waals surface area contributed by atoms with Crippen LogP contribution < -0.4 is 0 Å². The zero-order chi connectivity index (χ0) is 10.3. The molecule has 14 heavy (non-hydrogen) atoms. The highest BCUT2D eigenvalue weighted by Gasteiger charge is 2.48. The van der Waals surface area contributed by atoms with E-state index in [9.17, 15) is 9.59 Å². The van der Waals surface area contributed by atoms with Crippen molar-refractivity contribution in [2.75, 3.05) is 0 Å². The molecule has 3 atom stereocenters. The molecule has 2 heteroatoms. The Labute approximate surface area is 84.4 Å². The second-order valence-corrected chi connectivity index (χ2v) is 4.96. The van der Waals surface area contributed by atoms with E-state index in [-0.39, 0.29) is 11.3 Å². The highest BCUT2D eigenvalue weighted by atomic mass is 16.1. The van der Waals surface area contributed by atoms with Gasteiger partial charge in [0.05, 0.1) is 0 Å². The number of hydrogen-bond acceptors (Lipinski definition) is 2. The molecule has 0 aromatic rings. The Hall–Kier alpha value is -0.920. The lowest BCUT2D eigenvalue weighted by Gasteiger charge is -2.38. The number of allylic oxidation sites excluding steroid dienone is 2. The minimum Gasteiger partial charge on any atom is -0.299 e. The Morgan fingerprint density at radius 1 is 1.57 bits per heavy atom. The Bertz CT molecular complexity index is 316. The van der Waals surface area contributed by atoms with Crippen molar-refractivity contribution in [3.63, 3.8) is 0 Å². The Balaban J connectivity index is 2.32. The molecule has 76 valence electrons. The van der Waals surface area contributed by atoms with Crippen molar-refractivity contribution >= 4 is 12.1 Å². The van der Waals surface area contributed by atoms with Gasteiger partial charge < -0.3 is 0 Å². The fourth-order valence-electron chi connectivity index (χ4n) is 2.85. The van der Waals surface area contributed by atoms with Crippen LogP contribution in [-0.4, -0.2) is 12.1 Å². The van der Waals surface area contributed by atoms with Crippen molar-refractivity contribution in [1.29, 1.82) is 0 Å². The second-order valence-electron chi connectivity index (χ2n) is 4.96. The van der Waals surface area contributed by atoms with Crippen LogP contribution in [0.3, 0.4) is 0 Å². The summed E-state index contributed by atoms with van der Waals surface area (Å²) < 4.78 is 0. The summed E-state index contributed by atoms with van der Waals surface area (Å²) in [6.07, 6.45) is 5.33. The molecule has 1 fully saturated rings. The molecule has 1 saturated carbocycles. The van der Waals surface area contributed by atoms with Crippen LogP contribution in [0.1, 0.15) is 33.1 Å². The maximum atomic E-state index is 11.9. The molecule has 0 saturated heterocycles. The third-order valence-electron chi connectivity index (χ3n) is 3.88. The van der Waals surface area contributed by atoms with E-state index in [0.717, 1.165) is 24.7 Å². The Morgan fingerprint density at radius 3 is 2.93 bits per heavy atom. The van der Waals surface area contributed by atoms with E-state index in [2.05, 4.69) is 6.92 Å². The number of ketones is 1. The van der Waals surface area contributed by atoms with Gasteiger partial charge in [-0.3, -0.25) is 9.59 Å². The Kier molecular flexibility index (Phi) is 2.09. The van der Waals surface area contributed by atoms with Gasteiger partial charge in [0, 0.05) is 11.8 Å². The van der Waals surface area contributed by atoms with Gasteiger partial charge in [-0.25, -0.2) is 0 Å². The summed E-state index contributed by atoms with van der Waals surface area (Å²) in [5, 5.41) is 0. The number of carbonyl (C=O) groups excluding carboxylic acids is 2. The van der Waals surface area contributed by atoms with E-state index in [4.69, 9.17) is 0 Å². The molecule has 2 aliphatic carbocycles. The Morgan fingerprint density at radius 2 is 2.29 bits per heavy atom. The topological polar surface area (TPSA) is 34.1 Å². The lowest BCUT2D eigenvalue weighted by atomic mass is 9.64. The van der Waals surface area contributed by atoms with Gasteiger partial charge in [-0.2, -0.15) is 0 Å². The van der Waals surface area contributed by atoms with Crippen LogP contribution in [0.5, 0.6) is 0 Å². The molecule has 0 spiro atoms. The smallest absolute Gasteiger partial charge is 0.146 e. The first kappa shape index (κ1) is 9.63. The lowest BCUT2D eigenvalue weighted by Crippen LogP contribution is -2.39. The summed E-state index contributed by atoms with van der Waals surface area (Å²) in [7, 11) is 0. The zero-order valence-corrected chi connectivity index (χ0v) is 8.75. The predicted molar refractivity (Wildman–Crippen MR) is 53.8 cm³/mol. The average molecular weight is 192 g/mol. The summed E-state index contributed by atoms with van der Waals surface area (Å²) in [5.41, 5.74) is 0.593. The van der Waals surface area contributed by atoms with Gasteiger partial charge in [0.25, 0.3) is 0 Å². The van der Waals surface area contributed by atoms with E-state index in [0.29, 0.717) is 18.1 Å². The van der Waals surface area contributed by atoms with Crippen LogP contribution in [0.25, 0.3) is 0 Å². The van der Waals surface area contributed by atoms with Crippen molar-refractivity contribution in [2.24, 2.45) is 17.3 Å². The largest absolute Gasteiger partial charge is 0.299 e. The van der Waals surface area contributed by atoms with Gasteiger partial charge in [0.1, 0.15) is 12.1 Å². The summed E-state index contributed by atoms with van der Waals surface area (Å²) >= 11 is 0. The molecule has 0 amide bonds. The number of rotatable bonds is 1. The van der Waals surface area contributed by atoms with E-state index in [1.54, 1.807) is 0 Å². The van der Waals surface area contributed by atoms with Crippen LogP contribution in [-0.2, 0) is 9.59 Å². The highest BCUT2D eigenvalue weighted by molar-refractivity contribution is 5.90. The van der Waals surface area contributed by atoms with Gasteiger partial charge in [-0.05, 0) is 30.3 Å². The number of carbonyl (C=O) groups is 2. The molecule has 0 bridgehead atoms. The SMILES string of the molecule is C[C@@H]1CC(=O)[C@@]2(C)CC=C(C=O)[C@H]2C1. The standard InChI is InChI=1S/C12H16O2/c1-8-5-10-9(7-13)3-4-12(10,2)11(14)6-8/h3,7-8,10H,4-6H2,1-2H3/t8-,10+,12-/m0/s1. The number of fused-ring (bicyclic) bond motifs is 1. The number of hydrogen-bond donors (Lipinski definition) is 0. The minimum absolute atomic E-state index is 0.191. The van der Waals surface area contributed by atoms with Crippen molar-refractivity contribution < 1.29 is 9.59 Å². The first-order valence-corrected chi connectivity index (χ1v) is 5.26. The van der Waals surface area contributed by atoms with Gasteiger partial charge in [0.2, 0.25) is 0 Å². The molecule has 2 nitrogen and oxygen atoms in total. The molecule has 0 aromatic heterocycles. The molecule has 2 aliphatic rings. The van der Waals surface area contributed by atoms with Gasteiger partial charge in [-0.1, -0.05) is 19.9 Å². The molecule has 0 heterocycles. The first-order valence-electron chi connectivity index (χ1n) is 5.26. The third-order valence-corrected chi connectivity index (χ3v) is 3.88. The molecule has 0 aromatic carbocycles. The average Bonchev–Trinajstić information content (AvgIpc) is 2.45. The molecular formula is C12H16O2. The molecule has 0 N–H and O–H groups in total. The number of Topliss-reactive ketones (excluding diaryl/α,β-unsaturated/α-hetero) is 1. The molecular weight excluding hydrogens is 176 g/mol. The molecule has 0 aliphatic heterocycles. The normalized spacial score (nSPS) is 41.9. The lowest BCUT2D eigenvalue weighted by molar-refractivity contribution is -0.133. The van der Waals surface area contributed by atoms with Crippen molar-refractivity contribution in [1.82, 2.24) is 0 Å². The van der Waals surface area contributed by atoms with E-state index >= 15 is 0 Å². The fraction of sp³-hybridized carbons (Fsp3) is 0.667. The van der Waals surface area contributed by atoms with Crippen LogP contribution in [0.4, 0.5) is 0 Å². The van der Waals surface area contributed by atoms with E-state index in [1.807, 2.05) is 13.0 Å². The first-order chi connectivity index (χ1) is 6.58. The summed E-state index contributed by atoms with van der Waals surface area (Å²) in [6, 6.07) is 0. The van der Waals surface area contributed by atoms with Crippen molar-refractivity contribution in [3.05, 3.63) is 11.6 Å². The predicted octanol–water partition coefficient (Wildman–Crippen LogP) is 2.14. The number of aldehydes is 1. The highest BCUT2D eigenvalue weighted by Crippen LogP contribution is 2.50. The van der Waals surface area contributed by atoms with E-state index < -0.39 is 0 Å². The molecule has 0 radical (unpaired) electrons. The monoisotopic (exact) mass is 192 g/mol. The fourth-order valence-corrected chi connectivity index (χ4v) is 2.85. The zero-order valence-electron chi connectivity index (χ0n) is 8.75. The minimum atomic E-state index is -0.261. The van der Waals surface area contributed by atoms with Crippen LogP contribution in [0.15, 0.2) is 11.6 Å². The summed E-state index contributed by atoms with van der Waals surface area (Å²) in [4.78, 5) is 22.8. The summed E-state index contributed by atoms with van der Waals surface area (Å²) in [5.74, 6) is 0.965. The van der Waals surface area contributed by atoms with Gasteiger partial charge in [-0.15, -0.1) is 0 Å². The molecule has 2 rings (SSSR count). The quantitative estimate of drug-likeness (QED) is 0.596. The van der Waals surface area contributed by atoms with Crippen LogP contribution in [0.2, 0.25) is 0 Å². The third kappa shape index (κ3) is 1.17. The van der Waals surface area contributed by atoms with Crippen LogP contribution in [0, 0.1) is 17.3 Å². The van der Waals surface area contributed by atoms with Crippen molar-refractivity contribution in [3.8, 4) is 0 Å². The van der Waals surface area contributed by atoms with Crippen molar-refractivity contribution in [2.45, 2.75) is 33.1 Å². The van der Waals surface area contributed by atoms with Gasteiger partial charge in [0.15, 0.2) is 0 Å². The maximum Gasteiger partial charge on any atom is 0.146 e. The maximum absolute atomic E-state index is 11.9. The second kappa shape index (κ2) is 3.04. The molecule has 0 unspecified atom stereocenters. The van der Waals surface area contributed by atoms with Gasteiger partial charge >= 0.3 is 0 Å². The van der Waals surface area contributed by atoms with E-state index in [1.165, 1.54) is 0 Å². The summed E-state index contributed by atoms with van der Waals surface area (Å²) in [6.45, 7) is 4.11. The van der Waals surface area contributed by atoms with Crippen LogP contribution >= 0.6 is 0 Å².